The van der Waals surface area contributed by atoms with E-state index in [0.717, 1.165) is 0 Å². The fraction of sp³-hybridized carbons (Fsp3) is 0.833. The lowest BCUT2D eigenvalue weighted by Crippen LogP contribution is -2.79. The fourth-order valence-electron chi connectivity index (χ4n) is 3.80. The molecule has 0 aromatic rings. The maximum Gasteiger partial charge on any atom is 0.293 e. The van der Waals surface area contributed by atoms with Crippen LogP contribution in [0, 0.1) is 0 Å². The Bertz CT molecular complexity index is 818. The molecule has 2 fully saturated rings. The van der Waals surface area contributed by atoms with E-state index in [-0.39, 0.29) is 19.4 Å². The number of aliphatic hydroxyl groups excluding tert-OH is 6. The quantitative estimate of drug-likeness (QED) is 0.0538. The minimum Gasteiger partial charge on any atom is -0.756 e. The van der Waals surface area contributed by atoms with Crippen LogP contribution >= 0.6 is 7.82 Å². The average Bonchev–Trinajstić information content (AvgIpc) is 2.88. The van der Waals surface area contributed by atoms with Crippen molar-refractivity contribution in [2.45, 2.75) is 73.4 Å². The second-order valence-corrected chi connectivity index (χ2v) is 9.60. The van der Waals surface area contributed by atoms with Gasteiger partial charge in [-0.2, -0.15) is 0 Å². The van der Waals surface area contributed by atoms with Crippen molar-refractivity contribution >= 4 is 27.2 Å². The molecule has 0 amide bonds. The van der Waals surface area contributed by atoms with E-state index in [0.29, 0.717) is 0 Å². The molecule has 38 heavy (non-hydrogen) atoms. The minimum atomic E-state index is -5.51. The molecule has 220 valence electrons. The smallest absolute Gasteiger partial charge is 0.293 e. The third-order valence-electron chi connectivity index (χ3n) is 5.80. The first-order valence-corrected chi connectivity index (χ1v) is 12.4. The molecule has 0 radical (unpaired) electrons. The molecule has 1 saturated heterocycles. The van der Waals surface area contributed by atoms with Crippen molar-refractivity contribution in [2.24, 2.45) is 0 Å². The predicted octanol–water partition coefficient (Wildman–Crippen LogP) is -7.36. The van der Waals surface area contributed by atoms with Gasteiger partial charge in [-0.25, -0.2) is 0 Å². The summed E-state index contributed by atoms with van der Waals surface area (Å²) in [4.78, 5) is 44.5. The summed E-state index contributed by atoms with van der Waals surface area (Å²) in [6, 6.07) is -1.30. The van der Waals surface area contributed by atoms with E-state index in [9.17, 15) is 54.5 Å². The van der Waals surface area contributed by atoms with Crippen LogP contribution in [0.4, 0.5) is 0 Å². The normalized spacial score (nSPS) is 39.8. The Hall–Kier alpha value is -1.84. The van der Waals surface area contributed by atoms with Crippen LogP contribution in [0.3, 0.4) is 0 Å². The number of carbonyl (C=O) groups is 3. The number of hydrogen-bond donors (Lipinski definition) is 7. The van der Waals surface area contributed by atoms with E-state index in [4.69, 9.17) is 14.0 Å². The Morgan fingerprint density at radius 3 is 2.13 bits per heavy atom. The van der Waals surface area contributed by atoms with Crippen LogP contribution in [0.2, 0.25) is 0 Å². The molecule has 0 aromatic carbocycles. The summed E-state index contributed by atoms with van der Waals surface area (Å²) in [5.41, 5.74) is 3.57. The van der Waals surface area contributed by atoms with Crippen LogP contribution < -0.4 is 10.6 Å². The number of carbonyl (C=O) groups excluding carboxylic acids is 3. The number of quaternary nitrogens is 1. The fourth-order valence-corrected chi connectivity index (χ4v) is 4.75. The van der Waals surface area contributed by atoms with E-state index in [1.165, 1.54) is 0 Å². The lowest BCUT2D eigenvalue weighted by atomic mass is 9.84. The van der Waals surface area contributed by atoms with Gasteiger partial charge >= 0.3 is 0 Å². The number of phosphoric ester groups is 1. The summed E-state index contributed by atoms with van der Waals surface area (Å²) in [6.07, 6.45) is -20.1. The molecule has 2 rings (SSSR count). The topological polar surface area (TPSA) is 305 Å². The summed E-state index contributed by atoms with van der Waals surface area (Å²) >= 11 is 0. The van der Waals surface area contributed by atoms with Gasteiger partial charge in [0.1, 0.15) is 55.4 Å². The molecule has 13 atom stereocenters. The second-order valence-electron chi connectivity index (χ2n) is 8.24. The van der Waals surface area contributed by atoms with Gasteiger partial charge in [0.15, 0.2) is 18.2 Å². The maximum atomic E-state index is 12.6. The Balaban J connectivity index is 2.31. The molecular formula is C18H30NO18P. The first-order chi connectivity index (χ1) is 17.9. The van der Waals surface area contributed by atoms with Crippen LogP contribution in [0.25, 0.3) is 0 Å². The number of phosphoric acid groups is 1. The largest absolute Gasteiger partial charge is 0.756 e. The van der Waals surface area contributed by atoms with Crippen LogP contribution in [0.5, 0.6) is 0 Å². The lowest BCUT2D eigenvalue weighted by molar-refractivity contribution is -0.506. The van der Waals surface area contributed by atoms with Gasteiger partial charge in [0.05, 0.1) is 13.2 Å². The Labute approximate surface area is 214 Å². The SMILES string of the molecule is [NH3+][C@H]1[C@@H](O[C@@H]2[C@@H](O)[C@H](O)[C@@H](O)[C@@H](OC=O)[C@H]2OP(=O)([O-])OC[C@@H](COC=O)OC=O)O[C@H](CO)[C@@H](O)[C@@H]1O. The van der Waals surface area contributed by atoms with Crippen LogP contribution in [0.1, 0.15) is 0 Å². The number of rotatable bonds is 15. The molecule has 0 spiro atoms. The number of hydrogen-bond acceptors (Lipinski definition) is 18. The standard InChI is InChI=1S/C18H30NO18P/c19-9-11(25)10(24)8(1-20)35-18(9)36-16-14(28)12(26)13(27)15(33-6-23)17(16)37-38(29,30)34-3-7(32-5-22)2-31-4-21/h4-18,20,24-28H,1-3,19H2,(H,29,30)/t7-,8-,9-,10-,11-,12-,13-,14+,15-,16-,17-,18-/m1/s1. The molecule has 19 nitrogen and oxygen atoms in total. The van der Waals surface area contributed by atoms with E-state index in [1.807, 2.05) is 0 Å². The van der Waals surface area contributed by atoms with Crippen molar-refractivity contribution in [3.63, 3.8) is 0 Å². The first-order valence-electron chi connectivity index (χ1n) is 10.9. The van der Waals surface area contributed by atoms with Gasteiger partial charge in [0, 0.05) is 0 Å². The van der Waals surface area contributed by atoms with Crippen molar-refractivity contribution in [3.8, 4) is 0 Å². The third-order valence-corrected chi connectivity index (χ3v) is 6.77. The average molecular weight is 579 g/mol. The summed E-state index contributed by atoms with van der Waals surface area (Å²) in [7, 11) is -5.51. The van der Waals surface area contributed by atoms with Crippen LogP contribution in [-0.2, 0) is 51.7 Å². The molecule has 1 aliphatic carbocycles. The van der Waals surface area contributed by atoms with Gasteiger partial charge in [-0.15, -0.1) is 0 Å². The maximum absolute atomic E-state index is 12.6. The molecule has 2 aliphatic rings. The highest BCUT2D eigenvalue weighted by Gasteiger charge is 2.56. The Morgan fingerprint density at radius 2 is 1.55 bits per heavy atom. The Morgan fingerprint density at radius 1 is 0.895 bits per heavy atom. The first kappa shape index (κ1) is 32.4. The molecule has 1 heterocycles. The molecule has 1 saturated carbocycles. The highest BCUT2D eigenvalue weighted by Crippen LogP contribution is 2.44. The number of ether oxygens (including phenoxy) is 5. The molecule has 1 aliphatic heterocycles. The highest BCUT2D eigenvalue weighted by molar-refractivity contribution is 7.45. The van der Waals surface area contributed by atoms with Gasteiger partial charge < -0.3 is 74.0 Å². The van der Waals surface area contributed by atoms with Crippen molar-refractivity contribution in [1.82, 2.24) is 0 Å². The lowest BCUT2D eigenvalue weighted by Gasteiger charge is -2.48. The van der Waals surface area contributed by atoms with Gasteiger partial charge in [-0.3, -0.25) is 18.9 Å². The van der Waals surface area contributed by atoms with Crippen LogP contribution in [-0.4, -0.2) is 143 Å². The van der Waals surface area contributed by atoms with Crippen molar-refractivity contribution in [2.75, 3.05) is 19.8 Å². The summed E-state index contributed by atoms with van der Waals surface area (Å²) in [5.74, 6) is 0. The van der Waals surface area contributed by atoms with Gasteiger partial charge in [0.2, 0.25) is 6.29 Å². The molecule has 20 heteroatoms. The second kappa shape index (κ2) is 14.5. The zero-order chi connectivity index (χ0) is 28.6. The predicted molar refractivity (Wildman–Crippen MR) is 110 cm³/mol. The third kappa shape index (κ3) is 7.85. The highest BCUT2D eigenvalue weighted by atomic mass is 31.2. The van der Waals surface area contributed by atoms with Gasteiger partial charge in [-0.1, -0.05) is 0 Å². The van der Waals surface area contributed by atoms with Gasteiger partial charge in [-0.05, 0) is 0 Å². The van der Waals surface area contributed by atoms with Crippen molar-refractivity contribution < 1.29 is 92.9 Å². The molecule has 0 aromatic heterocycles. The summed E-state index contributed by atoms with van der Waals surface area (Å²) in [5, 5.41) is 60.7. The Kier molecular flexibility index (Phi) is 12.4. The van der Waals surface area contributed by atoms with E-state index in [2.05, 4.69) is 24.5 Å². The van der Waals surface area contributed by atoms with Crippen molar-refractivity contribution in [1.29, 1.82) is 0 Å². The van der Waals surface area contributed by atoms with Gasteiger partial charge in [0.25, 0.3) is 27.2 Å². The van der Waals surface area contributed by atoms with E-state index >= 15 is 0 Å². The van der Waals surface area contributed by atoms with Crippen molar-refractivity contribution in [3.05, 3.63) is 0 Å². The van der Waals surface area contributed by atoms with E-state index < -0.39 is 101 Å². The molecule has 0 bridgehead atoms. The zero-order valence-corrected chi connectivity index (χ0v) is 20.4. The monoisotopic (exact) mass is 579 g/mol. The minimum absolute atomic E-state index is 0.00563. The summed E-state index contributed by atoms with van der Waals surface area (Å²) in [6.45, 7) is -2.60. The van der Waals surface area contributed by atoms with E-state index in [1.54, 1.807) is 0 Å². The molecule has 1 unspecified atom stereocenters. The number of aliphatic hydroxyl groups is 6. The molecular weight excluding hydrogens is 549 g/mol. The summed E-state index contributed by atoms with van der Waals surface area (Å²) < 4.78 is 46.5. The van der Waals surface area contributed by atoms with Crippen LogP contribution in [0.15, 0.2) is 0 Å². The molecule has 9 N–H and O–H groups in total. The zero-order valence-electron chi connectivity index (χ0n) is 19.5.